The number of anilines is 2. The van der Waals surface area contributed by atoms with Crippen LogP contribution in [0.2, 0.25) is 0 Å². The van der Waals surface area contributed by atoms with Crippen LogP contribution in [0.15, 0.2) is 30.7 Å². The number of aromatic nitrogens is 3. The number of carbonyl (C=O) groups excluding carboxylic acids is 1. The van der Waals surface area contributed by atoms with Crippen molar-refractivity contribution in [2.24, 2.45) is 11.8 Å². The zero-order chi connectivity index (χ0) is 22.6. The third kappa shape index (κ3) is 6.01. The van der Waals surface area contributed by atoms with Crippen molar-refractivity contribution >= 4 is 17.5 Å². The molecule has 2 fully saturated rings. The molecule has 4 heterocycles. The zero-order valence-electron chi connectivity index (χ0n) is 19.2. The summed E-state index contributed by atoms with van der Waals surface area (Å²) in [5, 5.41) is 9.76. The highest BCUT2D eigenvalue weighted by atomic mass is 16.5. The standard InChI is InChI=1S/C24H34N6O2/c1-16-4-5-19(13-27-16)23(31)30-21-10-18(6-8-26-21)20-14-25-15-22(29-20)28-12-17-7-9-32-24(2,3)11-17/h6,8,10,14-17,19,27H,4-5,7,9,11-13H2,1-3H3,(H,28,29)(H,26,30,31)/t16-,17+,19-/m1/s1. The Morgan fingerprint density at radius 2 is 2.12 bits per heavy atom. The molecule has 8 nitrogen and oxygen atoms in total. The van der Waals surface area contributed by atoms with Gasteiger partial charge in [0.2, 0.25) is 5.91 Å². The predicted molar refractivity (Wildman–Crippen MR) is 125 cm³/mol. The Labute approximate surface area is 190 Å². The average Bonchev–Trinajstić information content (AvgIpc) is 2.78. The van der Waals surface area contributed by atoms with Crippen LogP contribution in [-0.4, -0.2) is 52.2 Å². The van der Waals surface area contributed by atoms with Gasteiger partial charge in [-0.15, -0.1) is 0 Å². The monoisotopic (exact) mass is 438 g/mol. The Hall–Kier alpha value is -2.58. The van der Waals surface area contributed by atoms with E-state index in [1.807, 2.05) is 12.1 Å². The molecule has 0 aromatic carbocycles. The Morgan fingerprint density at radius 3 is 2.91 bits per heavy atom. The van der Waals surface area contributed by atoms with Crippen molar-refractivity contribution in [3.05, 3.63) is 30.7 Å². The summed E-state index contributed by atoms with van der Waals surface area (Å²) in [6.45, 7) is 8.78. The van der Waals surface area contributed by atoms with Crippen LogP contribution in [0.1, 0.15) is 46.5 Å². The van der Waals surface area contributed by atoms with Crippen molar-refractivity contribution in [2.75, 3.05) is 30.3 Å². The van der Waals surface area contributed by atoms with Gasteiger partial charge in [0, 0.05) is 37.5 Å². The Morgan fingerprint density at radius 1 is 1.25 bits per heavy atom. The highest BCUT2D eigenvalue weighted by Gasteiger charge is 2.28. The molecule has 172 valence electrons. The molecule has 32 heavy (non-hydrogen) atoms. The lowest BCUT2D eigenvalue weighted by Gasteiger charge is -2.35. The van der Waals surface area contributed by atoms with Crippen molar-refractivity contribution in [3.8, 4) is 11.3 Å². The van der Waals surface area contributed by atoms with Crippen LogP contribution in [0.4, 0.5) is 11.6 Å². The quantitative estimate of drug-likeness (QED) is 0.635. The third-order valence-electron chi connectivity index (χ3n) is 6.34. The van der Waals surface area contributed by atoms with Crippen LogP contribution in [0, 0.1) is 11.8 Å². The molecule has 4 rings (SSSR count). The van der Waals surface area contributed by atoms with E-state index >= 15 is 0 Å². The number of ether oxygens (including phenoxy) is 1. The molecule has 0 radical (unpaired) electrons. The van der Waals surface area contributed by atoms with E-state index in [-0.39, 0.29) is 17.4 Å². The van der Waals surface area contributed by atoms with Crippen molar-refractivity contribution < 1.29 is 9.53 Å². The fourth-order valence-corrected chi connectivity index (χ4v) is 4.48. The highest BCUT2D eigenvalue weighted by molar-refractivity contribution is 5.92. The van der Waals surface area contributed by atoms with E-state index < -0.39 is 0 Å². The molecule has 2 saturated heterocycles. The summed E-state index contributed by atoms with van der Waals surface area (Å²) in [6, 6.07) is 4.21. The molecular formula is C24H34N6O2. The molecule has 3 atom stereocenters. The van der Waals surface area contributed by atoms with E-state index in [0.717, 1.165) is 55.9 Å². The molecule has 1 amide bonds. The zero-order valence-corrected chi connectivity index (χ0v) is 19.2. The van der Waals surface area contributed by atoms with Gasteiger partial charge >= 0.3 is 0 Å². The second kappa shape index (κ2) is 9.92. The van der Waals surface area contributed by atoms with Gasteiger partial charge in [-0.05, 0) is 64.5 Å². The summed E-state index contributed by atoms with van der Waals surface area (Å²) in [5.74, 6) is 1.81. The Bertz CT molecular complexity index is 926. The normalized spacial score (nSPS) is 25.2. The van der Waals surface area contributed by atoms with E-state index in [4.69, 9.17) is 9.72 Å². The minimum atomic E-state index is -0.0675. The molecule has 2 aliphatic heterocycles. The number of nitrogens with one attached hydrogen (secondary N) is 3. The van der Waals surface area contributed by atoms with Gasteiger partial charge < -0.3 is 20.7 Å². The van der Waals surface area contributed by atoms with Crippen molar-refractivity contribution in [3.63, 3.8) is 0 Å². The van der Waals surface area contributed by atoms with Gasteiger partial charge in [0.25, 0.3) is 0 Å². The summed E-state index contributed by atoms with van der Waals surface area (Å²) in [4.78, 5) is 26.0. The predicted octanol–water partition coefficient (Wildman–Crippen LogP) is 3.48. The van der Waals surface area contributed by atoms with E-state index in [1.54, 1.807) is 18.6 Å². The largest absolute Gasteiger partial charge is 0.376 e. The number of hydrogen-bond acceptors (Lipinski definition) is 7. The van der Waals surface area contributed by atoms with Gasteiger partial charge in [-0.1, -0.05) is 0 Å². The molecule has 0 unspecified atom stereocenters. The number of rotatable bonds is 6. The summed E-state index contributed by atoms with van der Waals surface area (Å²) < 4.78 is 5.81. The maximum atomic E-state index is 12.6. The second-order valence-electron chi connectivity index (χ2n) is 9.64. The lowest BCUT2D eigenvalue weighted by Crippen LogP contribution is -2.41. The fraction of sp³-hybridized carbons (Fsp3) is 0.583. The van der Waals surface area contributed by atoms with E-state index in [0.29, 0.717) is 24.3 Å². The molecule has 0 spiro atoms. The molecule has 2 aliphatic rings. The molecule has 3 N–H and O–H groups in total. The Kier molecular flexibility index (Phi) is 7.01. The van der Waals surface area contributed by atoms with Crippen LogP contribution in [0.5, 0.6) is 0 Å². The minimum Gasteiger partial charge on any atom is -0.376 e. The second-order valence-corrected chi connectivity index (χ2v) is 9.64. The van der Waals surface area contributed by atoms with Crippen molar-refractivity contribution in [1.29, 1.82) is 0 Å². The smallest absolute Gasteiger partial charge is 0.229 e. The molecule has 2 aromatic rings. The average molecular weight is 439 g/mol. The number of piperidine rings is 1. The number of pyridine rings is 1. The van der Waals surface area contributed by atoms with Crippen LogP contribution in [-0.2, 0) is 9.53 Å². The topological polar surface area (TPSA) is 101 Å². The molecular weight excluding hydrogens is 404 g/mol. The molecule has 0 bridgehead atoms. The number of carbonyl (C=O) groups is 1. The van der Waals surface area contributed by atoms with Gasteiger partial charge in [-0.2, -0.15) is 0 Å². The Balaban J connectivity index is 1.38. The summed E-state index contributed by atoms with van der Waals surface area (Å²) in [5.41, 5.74) is 1.55. The van der Waals surface area contributed by atoms with Gasteiger partial charge in [0.05, 0.1) is 29.6 Å². The molecule has 2 aromatic heterocycles. The third-order valence-corrected chi connectivity index (χ3v) is 6.34. The summed E-state index contributed by atoms with van der Waals surface area (Å²) in [7, 11) is 0. The van der Waals surface area contributed by atoms with Crippen molar-refractivity contribution in [1.82, 2.24) is 20.3 Å². The van der Waals surface area contributed by atoms with Gasteiger partial charge in [-0.25, -0.2) is 9.97 Å². The molecule has 0 aliphatic carbocycles. The number of amides is 1. The van der Waals surface area contributed by atoms with Crippen LogP contribution in [0.25, 0.3) is 11.3 Å². The first-order valence-corrected chi connectivity index (χ1v) is 11.6. The summed E-state index contributed by atoms with van der Waals surface area (Å²) in [6.07, 6.45) is 9.14. The first-order valence-electron chi connectivity index (χ1n) is 11.6. The van der Waals surface area contributed by atoms with Crippen molar-refractivity contribution in [2.45, 2.75) is 58.1 Å². The number of hydrogen-bond donors (Lipinski definition) is 3. The van der Waals surface area contributed by atoms with Gasteiger partial charge in [-0.3, -0.25) is 9.78 Å². The van der Waals surface area contributed by atoms with Crippen LogP contribution < -0.4 is 16.0 Å². The number of nitrogens with zero attached hydrogens (tertiary/aromatic N) is 3. The van der Waals surface area contributed by atoms with E-state index in [9.17, 15) is 4.79 Å². The highest BCUT2D eigenvalue weighted by Crippen LogP contribution is 2.29. The lowest BCUT2D eigenvalue weighted by molar-refractivity contribution is -0.120. The van der Waals surface area contributed by atoms with E-state index in [1.165, 1.54) is 0 Å². The first-order chi connectivity index (χ1) is 15.4. The minimum absolute atomic E-state index is 0.00920. The van der Waals surface area contributed by atoms with E-state index in [2.05, 4.69) is 46.7 Å². The first kappa shape index (κ1) is 22.6. The molecule has 0 saturated carbocycles. The maximum Gasteiger partial charge on any atom is 0.229 e. The fourth-order valence-electron chi connectivity index (χ4n) is 4.48. The molecule has 8 heteroatoms. The van der Waals surface area contributed by atoms with Gasteiger partial charge in [0.1, 0.15) is 11.6 Å². The van der Waals surface area contributed by atoms with Crippen LogP contribution in [0.3, 0.4) is 0 Å². The lowest BCUT2D eigenvalue weighted by atomic mass is 9.88. The SMILES string of the molecule is C[C@@H]1CC[C@@H](C(=O)Nc2cc(-c3cncc(NC[C@H]4CCOC(C)(C)C4)n3)ccn2)CN1. The van der Waals surface area contributed by atoms with Gasteiger partial charge in [0.15, 0.2) is 0 Å². The van der Waals surface area contributed by atoms with Crippen LogP contribution >= 0.6 is 0 Å². The maximum absolute atomic E-state index is 12.6. The summed E-state index contributed by atoms with van der Waals surface area (Å²) >= 11 is 0.